The highest BCUT2D eigenvalue weighted by Crippen LogP contribution is 2.33. The van der Waals surface area contributed by atoms with Crippen molar-refractivity contribution in [1.82, 2.24) is 5.43 Å². The average molecular weight is 300 g/mol. The summed E-state index contributed by atoms with van der Waals surface area (Å²) in [5, 5.41) is 4.23. The Morgan fingerprint density at radius 3 is 2.18 bits per heavy atom. The van der Waals surface area contributed by atoms with Crippen LogP contribution >= 0.6 is 0 Å². The molecule has 0 spiro atoms. The van der Waals surface area contributed by atoms with Crippen molar-refractivity contribution in [3.63, 3.8) is 0 Å². The lowest BCUT2D eigenvalue weighted by Crippen LogP contribution is -2.05. The summed E-state index contributed by atoms with van der Waals surface area (Å²) in [6.45, 7) is 0.660. The minimum atomic E-state index is 0.619. The molecule has 2 aromatic carbocycles. The Kier molecular flexibility index (Phi) is 5.65. The van der Waals surface area contributed by atoms with E-state index in [-0.39, 0.29) is 0 Å². The van der Waals surface area contributed by atoms with Crippen LogP contribution < -0.4 is 19.6 Å². The summed E-state index contributed by atoms with van der Waals surface area (Å²) in [6.07, 6.45) is 1.70. The summed E-state index contributed by atoms with van der Waals surface area (Å²) < 4.78 is 15.9. The molecule has 2 rings (SSSR count). The van der Waals surface area contributed by atoms with E-state index in [9.17, 15) is 0 Å². The lowest BCUT2D eigenvalue weighted by Gasteiger charge is -2.11. The van der Waals surface area contributed by atoms with Crippen LogP contribution in [0.1, 0.15) is 11.1 Å². The molecule has 116 valence electrons. The van der Waals surface area contributed by atoms with Crippen molar-refractivity contribution in [3.05, 3.63) is 53.6 Å². The fraction of sp³-hybridized carbons (Fsp3) is 0.235. The second-order valence-corrected chi connectivity index (χ2v) is 4.53. The molecule has 0 aliphatic carbocycles. The van der Waals surface area contributed by atoms with Crippen LogP contribution in [0.25, 0.3) is 0 Å². The zero-order chi connectivity index (χ0) is 15.8. The molecule has 0 heterocycles. The lowest BCUT2D eigenvalue weighted by atomic mass is 10.2. The van der Waals surface area contributed by atoms with Crippen molar-refractivity contribution in [2.45, 2.75) is 6.54 Å². The van der Waals surface area contributed by atoms with Gasteiger partial charge in [0.1, 0.15) is 5.75 Å². The maximum absolute atomic E-state index is 5.35. The van der Waals surface area contributed by atoms with E-state index in [1.54, 1.807) is 33.6 Å². The van der Waals surface area contributed by atoms with E-state index in [0.29, 0.717) is 23.8 Å². The Hall–Kier alpha value is -2.69. The minimum Gasteiger partial charge on any atom is -0.496 e. The van der Waals surface area contributed by atoms with Gasteiger partial charge in [-0.1, -0.05) is 30.3 Å². The highest BCUT2D eigenvalue weighted by atomic mass is 16.5. The van der Waals surface area contributed by atoms with Crippen molar-refractivity contribution in [1.29, 1.82) is 0 Å². The van der Waals surface area contributed by atoms with Crippen LogP contribution in [0, 0.1) is 0 Å². The van der Waals surface area contributed by atoms with E-state index < -0.39 is 0 Å². The van der Waals surface area contributed by atoms with Gasteiger partial charge in [-0.3, -0.25) is 0 Å². The normalized spacial score (nSPS) is 10.5. The van der Waals surface area contributed by atoms with Crippen molar-refractivity contribution >= 4 is 6.21 Å². The quantitative estimate of drug-likeness (QED) is 0.631. The van der Waals surface area contributed by atoms with Gasteiger partial charge in [-0.05, 0) is 11.6 Å². The van der Waals surface area contributed by atoms with Crippen LogP contribution in [0.5, 0.6) is 17.2 Å². The Morgan fingerprint density at radius 2 is 1.55 bits per heavy atom. The van der Waals surface area contributed by atoms with E-state index in [2.05, 4.69) is 10.5 Å². The molecule has 0 unspecified atom stereocenters. The predicted octanol–water partition coefficient (Wildman–Crippen LogP) is 2.84. The van der Waals surface area contributed by atoms with Gasteiger partial charge in [-0.15, -0.1) is 0 Å². The van der Waals surface area contributed by atoms with E-state index >= 15 is 0 Å². The molecule has 1 N–H and O–H groups in total. The molecule has 2 aromatic rings. The number of hydrogen-bond acceptors (Lipinski definition) is 5. The van der Waals surface area contributed by atoms with Gasteiger partial charge >= 0.3 is 0 Å². The molecule has 0 aliphatic rings. The highest BCUT2D eigenvalue weighted by Gasteiger charge is 2.10. The Bertz CT molecular complexity index is 627. The third-order valence-corrected chi connectivity index (χ3v) is 3.16. The molecule has 0 atom stereocenters. The van der Waals surface area contributed by atoms with E-state index in [1.807, 2.05) is 36.4 Å². The number of hydrogen-bond donors (Lipinski definition) is 1. The molecule has 0 saturated carbocycles. The second kappa shape index (κ2) is 7.93. The Labute approximate surface area is 130 Å². The zero-order valence-electron chi connectivity index (χ0n) is 13.0. The molecule has 0 saturated heterocycles. The minimum absolute atomic E-state index is 0.619. The average Bonchev–Trinajstić information content (AvgIpc) is 2.58. The fourth-order valence-electron chi connectivity index (χ4n) is 2.00. The first-order chi connectivity index (χ1) is 10.8. The van der Waals surface area contributed by atoms with Gasteiger partial charge in [-0.2, -0.15) is 5.10 Å². The molecule has 5 heteroatoms. The third kappa shape index (κ3) is 3.91. The molecular weight excluding hydrogens is 280 g/mol. The van der Waals surface area contributed by atoms with Gasteiger partial charge in [-0.25, -0.2) is 0 Å². The van der Waals surface area contributed by atoms with Gasteiger partial charge < -0.3 is 19.6 Å². The van der Waals surface area contributed by atoms with Crippen LogP contribution in [0.3, 0.4) is 0 Å². The summed E-state index contributed by atoms with van der Waals surface area (Å²) in [4.78, 5) is 0. The van der Waals surface area contributed by atoms with Crippen LogP contribution in [-0.4, -0.2) is 27.5 Å². The smallest absolute Gasteiger partial charge is 0.164 e. The van der Waals surface area contributed by atoms with Crippen molar-refractivity contribution in [3.8, 4) is 17.2 Å². The second-order valence-electron chi connectivity index (χ2n) is 4.53. The van der Waals surface area contributed by atoms with Crippen LogP contribution in [-0.2, 0) is 6.54 Å². The molecule has 5 nitrogen and oxygen atoms in total. The first-order valence-corrected chi connectivity index (χ1v) is 6.88. The number of ether oxygens (including phenoxy) is 3. The number of rotatable bonds is 7. The van der Waals surface area contributed by atoms with Crippen LogP contribution in [0.2, 0.25) is 0 Å². The maximum Gasteiger partial charge on any atom is 0.164 e. The van der Waals surface area contributed by atoms with Crippen molar-refractivity contribution in [2.24, 2.45) is 5.10 Å². The van der Waals surface area contributed by atoms with E-state index in [1.165, 1.54) is 5.56 Å². The van der Waals surface area contributed by atoms with Gasteiger partial charge in [0, 0.05) is 11.6 Å². The van der Waals surface area contributed by atoms with Crippen molar-refractivity contribution < 1.29 is 14.2 Å². The molecule has 0 bridgehead atoms. The lowest BCUT2D eigenvalue weighted by molar-refractivity contribution is 0.349. The summed E-state index contributed by atoms with van der Waals surface area (Å²) in [5.41, 5.74) is 4.98. The van der Waals surface area contributed by atoms with Crippen LogP contribution in [0.4, 0.5) is 0 Å². The molecule has 22 heavy (non-hydrogen) atoms. The summed E-state index contributed by atoms with van der Waals surface area (Å²) in [5.74, 6) is 1.92. The van der Waals surface area contributed by atoms with Crippen LogP contribution in [0.15, 0.2) is 47.6 Å². The summed E-state index contributed by atoms with van der Waals surface area (Å²) in [6, 6.07) is 13.7. The maximum atomic E-state index is 5.35. The molecule has 0 aliphatic heterocycles. The first kappa shape index (κ1) is 15.7. The third-order valence-electron chi connectivity index (χ3n) is 3.16. The number of benzene rings is 2. The van der Waals surface area contributed by atoms with Gasteiger partial charge in [0.2, 0.25) is 0 Å². The molecular formula is C17H20N2O3. The molecule has 0 aromatic heterocycles. The first-order valence-electron chi connectivity index (χ1n) is 6.88. The highest BCUT2D eigenvalue weighted by molar-refractivity contribution is 5.85. The summed E-state index contributed by atoms with van der Waals surface area (Å²) >= 11 is 0. The standard InChI is InChI=1S/C17H20N2O3/c1-20-15-10-17(22-3)16(21-2)9-14(15)12-19-18-11-13-7-5-4-6-8-13/h4-10,12,18H,11H2,1-3H3/b19-12-. The van der Waals surface area contributed by atoms with Gasteiger partial charge in [0.05, 0.1) is 34.1 Å². The number of nitrogens with zero attached hydrogens (tertiary/aromatic N) is 1. The largest absolute Gasteiger partial charge is 0.496 e. The monoisotopic (exact) mass is 300 g/mol. The molecule has 0 fully saturated rings. The SMILES string of the molecule is COc1cc(OC)c(OC)cc1/C=N\NCc1ccccc1. The zero-order valence-corrected chi connectivity index (χ0v) is 13.0. The van der Waals surface area contributed by atoms with Gasteiger partial charge in [0.15, 0.2) is 11.5 Å². The van der Waals surface area contributed by atoms with E-state index in [4.69, 9.17) is 14.2 Å². The number of methoxy groups -OCH3 is 3. The Balaban J connectivity index is 2.09. The fourth-order valence-corrected chi connectivity index (χ4v) is 2.00. The topological polar surface area (TPSA) is 52.1 Å². The van der Waals surface area contributed by atoms with Crippen molar-refractivity contribution in [2.75, 3.05) is 21.3 Å². The number of nitrogens with one attached hydrogen (secondary N) is 1. The Morgan fingerprint density at radius 1 is 0.909 bits per heavy atom. The molecule has 0 radical (unpaired) electrons. The van der Waals surface area contributed by atoms with Gasteiger partial charge in [0.25, 0.3) is 0 Å². The predicted molar refractivity (Wildman–Crippen MR) is 87.0 cm³/mol. The number of hydrazone groups is 1. The summed E-state index contributed by atoms with van der Waals surface area (Å²) in [7, 11) is 4.79. The molecule has 0 amide bonds. The van der Waals surface area contributed by atoms with E-state index in [0.717, 1.165) is 5.56 Å².